The number of hydrogen-bond acceptors (Lipinski definition) is 7. The Hall–Kier alpha value is -3.63. The van der Waals surface area contributed by atoms with E-state index in [1.54, 1.807) is 47.0 Å². The number of rotatable bonds is 8. The van der Waals surface area contributed by atoms with Gasteiger partial charge in [-0.2, -0.15) is 0 Å². The first-order valence-corrected chi connectivity index (χ1v) is 12.6. The summed E-state index contributed by atoms with van der Waals surface area (Å²) in [6.45, 7) is 0. The summed E-state index contributed by atoms with van der Waals surface area (Å²) in [6, 6.07) is 23.6. The summed E-state index contributed by atoms with van der Waals surface area (Å²) in [5.41, 5.74) is 1.16. The lowest BCUT2D eigenvalue weighted by Gasteiger charge is -2.11. The number of amides is 1. The van der Waals surface area contributed by atoms with Gasteiger partial charge in [-0.05, 0) is 36.4 Å². The van der Waals surface area contributed by atoms with Crippen molar-refractivity contribution in [3.05, 3.63) is 90.8 Å². The predicted molar refractivity (Wildman–Crippen MR) is 126 cm³/mol. The second-order valence-corrected chi connectivity index (χ2v) is 9.96. The van der Waals surface area contributed by atoms with E-state index >= 15 is 0 Å². The van der Waals surface area contributed by atoms with Crippen LogP contribution >= 0.6 is 11.8 Å². The quantitative estimate of drug-likeness (QED) is 0.370. The number of nitrogens with zero attached hydrogens (tertiary/aromatic N) is 3. The topological polar surface area (TPSA) is 114 Å². The normalized spacial score (nSPS) is 11.3. The summed E-state index contributed by atoms with van der Waals surface area (Å²) in [4.78, 5) is 12.6. The molecule has 0 saturated carbocycles. The van der Waals surface area contributed by atoms with Crippen molar-refractivity contribution in [2.75, 3.05) is 11.1 Å². The summed E-state index contributed by atoms with van der Waals surface area (Å²) in [5.74, 6) is -0.317. The Kier molecular flexibility index (Phi) is 6.76. The van der Waals surface area contributed by atoms with Gasteiger partial charge in [0.15, 0.2) is 20.8 Å². The van der Waals surface area contributed by atoms with Crippen molar-refractivity contribution in [2.45, 2.75) is 15.8 Å². The largest absolute Gasteiger partial charge is 0.508 e. The van der Waals surface area contributed by atoms with Crippen LogP contribution in [0.25, 0.3) is 5.69 Å². The van der Waals surface area contributed by atoms with Gasteiger partial charge in [-0.15, -0.1) is 10.2 Å². The third-order valence-corrected chi connectivity index (χ3v) is 7.16. The molecule has 0 fully saturated rings. The number of phenolic OH excluding ortho intramolecular Hbond substituents is 1. The van der Waals surface area contributed by atoms with E-state index in [2.05, 4.69) is 15.5 Å². The highest BCUT2D eigenvalue weighted by molar-refractivity contribution is 7.99. The van der Waals surface area contributed by atoms with Crippen LogP contribution in [-0.2, 0) is 20.4 Å². The Morgan fingerprint density at radius 3 is 2.33 bits per heavy atom. The molecule has 0 aliphatic heterocycles. The lowest BCUT2D eigenvalue weighted by atomic mass is 10.3. The number of aromatic hydroxyl groups is 1. The van der Waals surface area contributed by atoms with Crippen LogP contribution in [0.5, 0.6) is 5.75 Å². The molecule has 0 unspecified atom stereocenters. The van der Waals surface area contributed by atoms with Crippen LogP contribution in [0.15, 0.2) is 95.0 Å². The van der Waals surface area contributed by atoms with Crippen LogP contribution in [0, 0.1) is 0 Å². The Morgan fingerprint density at radius 2 is 1.64 bits per heavy atom. The van der Waals surface area contributed by atoms with Gasteiger partial charge in [0.05, 0.1) is 10.6 Å². The number of carbonyl (C=O) groups excluding carboxylic acids is 1. The molecule has 0 spiro atoms. The fourth-order valence-electron chi connectivity index (χ4n) is 3.12. The van der Waals surface area contributed by atoms with Gasteiger partial charge >= 0.3 is 0 Å². The second-order valence-electron chi connectivity index (χ2n) is 7.03. The van der Waals surface area contributed by atoms with Crippen LogP contribution < -0.4 is 5.32 Å². The third-order valence-electron chi connectivity index (χ3n) is 4.60. The van der Waals surface area contributed by atoms with Gasteiger partial charge in [0.25, 0.3) is 0 Å². The van der Waals surface area contributed by atoms with Crippen molar-refractivity contribution in [2.24, 2.45) is 0 Å². The molecule has 1 aromatic heterocycles. The molecule has 0 atom stereocenters. The number of phenols is 1. The molecule has 33 heavy (non-hydrogen) atoms. The highest BCUT2D eigenvalue weighted by atomic mass is 32.2. The number of nitrogens with one attached hydrogen (secondary N) is 1. The smallest absolute Gasteiger partial charge is 0.234 e. The van der Waals surface area contributed by atoms with E-state index < -0.39 is 9.84 Å². The van der Waals surface area contributed by atoms with Crippen molar-refractivity contribution in [3.63, 3.8) is 0 Å². The number of sulfone groups is 1. The molecule has 4 rings (SSSR count). The van der Waals surface area contributed by atoms with Crippen molar-refractivity contribution < 1.29 is 18.3 Å². The zero-order chi connectivity index (χ0) is 23.3. The molecule has 4 aromatic rings. The van der Waals surface area contributed by atoms with E-state index in [9.17, 15) is 18.3 Å². The maximum absolute atomic E-state index is 12.9. The standard InChI is InChI=1S/C23H20N4O4S2/c28-19-11-7-8-17(14-19)24-22(29)15-32-23-26-25-21(27(23)18-9-3-1-4-10-18)16-33(30,31)20-12-5-2-6-13-20/h1-14,28H,15-16H2,(H,24,29). The minimum Gasteiger partial charge on any atom is -0.508 e. The number of aromatic nitrogens is 3. The number of carbonyl (C=O) groups is 1. The highest BCUT2D eigenvalue weighted by Crippen LogP contribution is 2.25. The lowest BCUT2D eigenvalue weighted by Crippen LogP contribution is -2.15. The van der Waals surface area contributed by atoms with E-state index in [0.29, 0.717) is 16.5 Å². The van der Waals surface area contributed by atoms with E-state index in [1.165, 1.54) is 12.1 Å². The number of benzene rings is 3. The van der Waals surface area contributed by atoms with E-state index in [4.69, 9.17) is 0 Å². The van der Waals surface area contributed by atoms with Crippen molar-refractivity contribution in [1.29, 1.82) is 0 Å². The van der Waals surface area contributed by atoms with Gasteiger partial charge in [-0.3, -0.25) is 9.36 Å². The molecular weight excluding hydrogens is 460 g/mol. The van der Waals surface area contributed by atoms with Crippen LogP contribution in [0.3, 0.4) is 0 Å². The number of thioether (sulfide) groups is 1. The molecule has 0 saturated heterocycles. The Balaban J connectivity index is 1.57. The SMILES string of the molecule is O=C(CSc1nnc(CS(=O)(=O)c2ccccc2)n1-c1ccccc1)Nc1cccc(O)c1. The van der Waals surface area contributed by atoms with E-state index in [0.717, 1.165) is 11.8 Å². The van der Waals surface area contributed by atoms with Gasteiger partial charge in [-0.25, -0.2) is 8.42 Å². The molecule has 0 bridgehead atoms. The number of anilines is 1. The molecule has 10 heteroatoms. The second kappa shape index (κ2) is 9.88. The molecule has 0 aliphatic carbocycles. The van der Waals surface area contributed by atoms with Gasteiger partial charge in [0.2, 0.25) is 5.91 Å². The summed E-state index contributed by atoms with van der Waals surface area (Å²) >= 11 is 1.14. The molecule has 0 radical (unpaired) electrons. The minimum absolute atomic E-state index is 0.0199. The average molecular weight is 481 g/mol. The van der Waals surface area contributed by atoms with Gasteiger partial charge in [0, 0.05) is 17.4 Å². The molecular formula is C23H20N4O4S2. The first-order valence-electron chi connectivity index (χ1n) is 9.91. The number of para-hydroxylation sites is 1. The third kappa shape index (κ3) is 5.60. The predicted octanol–water partition coefficient (Wildman–Crippen LogP) is 3.68. The monoisotopic (exact) mass is 480 g/mol. The van der Waals surface area contributed by atoms with Crippen LogP contribution in [0.4, 0.5) is 5.69 Å². The Bertz CT molecular complexity index is 1360. The van der Waals surface area contributed by atoms with Crippen molar-refractivity contribution in [1.82, 2.24) is 14.8 Å². The number of hydrogen-bond donors (Lipinski definition) is 2. The maximum atomic E-state index is 12.9. The molecule has 1 amide bonds. The average Bonchev–Trinajstić information content (AvgIpc) is 3.20. The summed E-state index contributed by atoms with van der Waals surface area (Å²) in [5, 5.41) is 20.9. The summed E-state index contributed by atoms with van der Waals surface area (Å²) in [7, 11) is -3.64. The maximum Gasteiger partial charge on any atom is 0.234 e. The molecule has 1 heterocycles. The first-order chi connectivity index (χ1) is 15.9. The van der Waals surface area contributed by atoms with Crippen LogP contribution in [0.1, 0.15) is 5.82 Å². The van der Waals surface area contributed by atoms with Crippen LogP contribution in [0.2, 0.25) is 0 Å². The molecule has 3 aromatic carbocycles. The molecule has 2 N–H and O–H groups in total. The Labute approximate surface area is 195 Å². The fraction of sp³-hybridized carbons (Fsp3) is 0.0870. The van der Waals surface area contributed by atoms with Gasteiger partial charge in [-0.1, -0.05) is 54.2 Å². The summed E-state index contributed by atoms with van der Waals surface area (Å²) < 4.78 is 27.5. The van der Waals surface area contributed by atoms with Gasteiger partial charge < -0.3 is 10.4 Å². The zero-order valence-electron chi connectivity index (χ0n) is 17.3. The fourth-order valence-corrected chi connectivity index (χ4v) is 5.15. The minimum atomic E-state index is -3.64. The summed E-state index contributed by atoms with van der Waals surface area (Å²) in [6.07, 6.45) is 0. The lowest BCUT2D eigenvalue weighted by molar-refractivity contribution is -0.113. The highest BCUT2D eigenvalue weighted by Gasteiger charge is 2.23. The molecule has 8 nitrogen and oxygen atoms in total. The molecule has 0 aliphatic rings. The van der Waals surface area contributed by atoms with E-state index in [-0.39, 0.29) is 33.9 Å². The first kappa shape index (κ1) is 22.6. The Morgan fingerprint density at radius 1 is 0.939 bits per heavy atom. The van der Waals surface area contributed by atoms with Crippen LogP contribution in [-0.4, -0.2) is 39.9 Å². The van der Waals surface area contributed by atoms with E-state index in [1.807, 2.05) is 30.3 Å². The van der Waals surface area contributed by atoms with Crippen molar-refractivity contribution in [3.8, 4) is 11.4 Å². The zero-order valence-corrected chi connectivity index (χ0v) is 19.0. The van der Waals surface area contributed by atoms with Gasteiger partial charge in [0.1, 0.15) is 11.5 Å². The molecule has 168 valence electrons. The van der Waals surface area contributed by atoms with Crippen molar-refractivity contribution >= 4 is 33.2 Å².